The van der Waals surface area contributed by atoms with Crippen LogP contribution >= 0.6 is 11.3 Å². The van der Waals surface area contributed by atoms with Crippen molar-refractivity contribution in [1.82, 2.24) is 14.8 Å². The Balaban J connectivity index is 1.78. The molecule has 1 aliphatic heterocycles. The molecule has 1 aromatic heterocycles. The molecule has 2 heterocycles. The molecule has 2 aromatic rings. The molecule has 1 fully saturated rings. The highest BCUT2D eigenvalue weighted by molar-refractivity contribution is 7.16. The van der Waals surface area contributed by atoms with Gasteiger partial charge in [-0.15, -0.1) is 11.3 Å². The number of nitrogens with zero attached hydrogens (tertiary/aromatic N) is 3. The zero-order chi connectivity index (χ0) is 22.4. The summed E-state index contributed by atoms with van der Waals surface area (Å²) < 4.78 is 5.08. The number of aromatic nitrogens is 1. The Kier molecular flexibility index (Phi) is 8.21. The molecule has 1 atom stereocenters. The zero-order valence-electron chi connectivity index (χ0n) is 19.0. The maximum absolute atomic E-state index is 13.4. The molecule has 168 valence electrons. The number of benzene rings is 1. The molecule has 7 heteroatoms. The van der Waals surface area contributed by atoms with Crippen LogP contribution in [0.15, 0.2) is 24.4 Å². The minimum atomic E-state index is -0.264. The lowest BCUT2D eigenvalue weighted by molar-refractivity contribution is -0.143. The molecule has 31 heavy (non-hydrogen) atoms. The smallest absolute Gasteiger partial charge is 0.307 e. The Hall–Kier alpha value is -2.25. The van der Waals surface area contributed by atoms with E-state index in [1.165, 1.54) is 16.9 Å². The highest BCUT2D eigenvalue weighted by Crippen LogP contribution is 2.29. The second kappa shape index (κ2) is 10.9. The fourth-order valence-electron chi connectivity index (χ4n) is 4.21. The van der Waals surface area contributed by atoms with Crippen LogP contribution in [0.4, 0.5) is 0 Å². The number of likely N-dealkylation sites (N-methyl/N-ethyl adjacent to an activating group) is 1. The number of ether oxygens (including phenoxy) is 1. The van der Waals surface area contributed by atoms with Crippen LogP contribution in [0.25, 0.3) is 10.6 Å². The van der Waals surface area contributed by atoms with E-state index in [0.717, 1.165) is 42.1 Å². The number of likely N-dealkylation sites (tertiary alicyclic amines) is 1. The van der Waals surface area contributed by atoms with E-state index in [-0.39, 0.29) is 18.3 Å². The minimum Gasteiger partial charge on any atom is -0.466 e. The van der Waals surface area contributed by atoms with Crippen LogP contribution in [0.1, 0.15) is 53.9 Å². The topological polar surface area (TPSA) is 62.7 Å². The van der Waals surface area contributed by atoms with Gasteiger partial charge in [-0.3, -0.25) is 14.5 Å². The maximum atomic E-state index is 13.4. The van der Waals surface area contributed by atoms with E-state index < -0.39 is 0 Å². The fraction of sp³-hybridized carbons (Fsp3) is 0.542. The van der Waals surface area contributed by atoms with Crippen LogP contribution in [0.3, 0.4) is 0 Å². The van der Waals surface area contributed by atoms with Crippen molar-refractivity contribution in [3.05, 3.63) is 40.4 Å². The van der Waals surface area contributed by atoms with E-state index in [1.807, 2.05) is 4.90 Å². The van der Waals surface area contributed by atoms with Gasteiger partial charge >= 0.3 is 5.97 Å². The molecule has 1 aromatic carbocycles. The first-order chi connectivity index (χ1) is 14.9. The number of carbonyl (C=O) groups excluding carboxylic acids is 2. The average molecular weight is 444 g/mol. The van der Waals surface area contributed by atoms with Crippen molar-refractivity contribution >= 4 is 23.2 Å². The predicted molar refractivity (Wildman–Crippen MR) is 124 cm³/mol. The molecule has 0 saturated carbocycles. The normalized spacial score (nSPS) is 16.5. The molecule has 6 nitrogen and oxygen atoms in total. The van der Waals surface area contributed by atoms with Crippen molar-refractivity contribution in [3.63, 3.8) is 0 Å². The van der Waals surface area contributed by atoms with Crippen molar-refractivity contribution in [2.75, 3.05) is 32.8 Å². The van der Waals surface area contributed by atoms with Crippen molar-refractivity contribution in [3.8, 4) is 10.6 Å². The Morgan fingerprint density at radius 1 is 1.29 bits per heavy atom. The van der Waals surface area contributed by atoms with Crippen molar-refractivity contribution in [1.29, 1.82) is 0 Å². The minimum absolute atomic E-state index is 0.0548. The third kappa shape index (κ3) is 5.92. The number of aryl methyl sites for hydroxylation is 2. The van der Waals surface area contributed by atoms with Crippen LogP contribution in [0.2, 0.25) is 0 Å². The van der Waals surface area contributed by atoms with Gasteiger partial charge in [-0.1, -0.05) is 30.7 Å². The summed E-state index contributed by atoms with van der Waals surface area (Å²) in [7, 11) is 0. The van der Waals surface area contributed by atoms with E-state index in [1.54, 1.807) is 13.1 Å². The van der Waals surface area contributed by atoms with E-state index in [9.17, 15) is 9.59 Å². The van der Waals surface area contributed by atoms with Gasteiger partial charge in [-0.25, -0.2) is 4.98 Å². The second-order valence-corrected chi connectivity index (χ2v) is 9.11. The molecule has 0 bridgehead atoms. The average Bonchev–Trinajstić information content (AvgIpc) is 3.40. The Labute approximate surface area is 189 Å². The number of thiazole rings is 1. The molecule has 3 rings (SSSR count). The SMILES string of the molecule is CCOC(=O)CCN(C[C@@H]1CCCN1CC)C(=O)c1cnc(-c2ccc(C)cc2C)s1. The first-order valence-corrected chi connectivity index (χ1v) is 12.0. The lowest BCUT2D eigenvalue weighted by atomic mass is 10.1. The van der Waals surface area contributed by atoms with E-state index >= 15 is 0 Å². The molecule has 0 N–H and O–H groups in total. The highest BCUT2D eigenvalue weighted by atomic mass is 32.1. The van der Waals surface area contributed by atoms with Crippen molar-refractivity contribution < 1.29 is 14.3 Å². The van der Waals surface area contributed by atoms with Crippen LogP contribution in [0, 0.1) is 13.8 Å². The van der Waals surface area contributed by atoms with Gasteiger partial charge in [0.25, 0.3) is 5.91 Å². The molecule has 0 unspecified atom stereocenters. The highest BCUT2D eigenvalue weighted by Gasteiger charge is 2.29. The molecule has 1 aliphatic rings. The Morgan fingerprint density at radius 3 is 2.81 bits per heavy atom. The summed E-state index contributed by atoms with van der Waals surface area (Å²) in [6.45, 7) is 11.5. The van der Waals surface area contributed by atoms with Gasteiger partial charge in [-0.05, 0) is 52.3 Å². The standard InChI is InChI=1S/C24H33N3O3S/c1-5-26-12-7-8-19(26)16-27(13-11-22(28)30-6-2)24(29)21-15-25-23(31-21)20-10-9-17(3)14-18(20)4/h9-10,14-15,19H,5-8,11-13,16H2,1-4H3/t19-/m0/s1. The maximum Gasteiger partial charge on any atom is 0.307 e. The first kappa shape index (κ1) is 23.4. The van der Waals surface area contributed by atoms with Gasteiger partial charge in [0.15, 0.2) is 0 Å². The van der Waals surface area contributed by atoms with Gasteiger partial charge in [-0.2, -0.15) is 0 Å². The number of esters is 1. The summed E-state index contributed by atoms with van der Waals surface area (Å²) in [5.74, 6) is -0.319. The number of amides is 1. The summed E-state index contributed by atoms with van der Waals surface area (Å²) in [5.41, 5.74) is 3.41. The third-order valence-electron chi connectivity index (χ3n) is 5.84. The number of rotatable bonds is 9. The van der Waals surface area contributed by atoms with Crippen molar-refractivity contribution in [2.45, 2.75) is 53.0 Å². The van der Waals surface area contributed by atoms with Crippen LogP contribution in [-0.4, -0.2) is 65.5 Å². The largest absolute Gasteiger partial charge is 0.466 e. The molecule has 0 spiro atoms. The van der Waals surface area contributed by atoms with Crippen LogP contribution in [-0.2, 0) is 9.53 Å². The summed E-state index contributed by atoms with van der Waals surface area (Å²) in [5, 5.41) is 0.849. The third-order valence-corrected chi connectivity index (χ3v) is 6.86. The number of carbonyl (C=O) groups is 2. The van der Waals surface area contributed by atoms with Gasteiger partial charge < -0.3 is 9.64 Å². The lowest BCUT2D eigenvalue weighted by Crippen LogP contribution is -2.43. The van der Waals surface area contributed by atoms with Crippen LogP contribution in [0.5, 0.6) is 0 Å². The van der Waals surface area contributed by atoms with Gasteiger partial charge in [0, 0.05) is 24.7 Å². The quantitative estimate of drug-likeness (QED) is 0.541. The van der Waals surface area contributed by atoms with Crippen molar-refractivity contribution in [2.24, 2.45) is 0 Å². The van der Waals surface area contributed by atoms with E-state index in [0.29, 0.717) is 30.6 Å². The summed E-state index contributed by atoms with van der Waals surface area (Å²) >= 11 is 1.42. The summed E-state index contributed by atoms with van der Waals surface area (Å²) in [6.07, 6.45) is 4.11. The van der Waals surface area contributed by atoms with Crippen LogP contribution < -0.4 is 0 Å². The fourth-order valence-corrected chi connectivity index (χ4v) is 5.19. The summed E-state index contributed by atoms with van der Waals surface area (Å²) in [6, 6.07) is 6.59. The Bertz CT molecular complexity index is 911. The lowest BCUT2D eigenvalue weighted by Gasteiger charge is -2.30. The van der Waals surface area contributed by atoms with Gasteiger partial charge in [0.05, 0.1) is 19.2 Å². The molecular weight excluding hydrogens is 410 g/mol. The summed E-state index contributed by atoms with van der Waals surface area (Å²) in [4.78, 5) is 34.7. The van der Waals surface area contributed by atoms with Gasteiger partial charge in [0.2, 0.25) is 0 Å². The number of hydrogen-bond donors (Lipinski definition) is 0. The zero-order valence-corrected chi connectivity index (χ0v) is 19.8. The predicted octanol–water partition coefficient (Wildman–Crippen LogP) is 4.31. The van der Waals surface area contributed by atoms with Gasteiger partial charge in [0.1, 0.15) is 9.88 Å². The molecule has 0 radical (unpaired) electrons. The van der Waals surface area contributed by atoms with E-state index in [4.69, 9.17) is 4.74 Å². The molecule has 1 amide bonds. The molecular formula is C24H33N3O3S. The number of hydrogen-bond acceptors (Lipinski definition) is 6. The molecule has 1 saturated heterocycles. The first-order valence-electron chi connectivity index (χ1n) is 11.1. The van der Waals surface area contributed by atoms with E-state index in [2.05, 4.69) is 48.9 Å². The Morgan fingerprint density at radius 2 is 2.10 bits per heavy atom. The second-order valence-electron chi connectivity index (χ2n) is 8.08. The monoisotopic (exact) mass is 443 g/mol. The molecule has 0 aliphatic carbocycles.